The van der Waals surface area contributed by atoms with E-state index >= 15 is 0 Å². The highest BCUT2D eigenvalue weighted by Gasteiger charge is 2.07. The first-order chi connectivity index (χ1) is 6.29. The van der Waals surface area contributed by atoms with Crippen molar-refractivity contribution in [1.29, 1.82) is 5.26 Å². The Morgan fingerprint density at radius 3 is 2.77 bits per heavy atom. The minimum absolute atomic E-state index is 0.0598. The molecule has 2 heteroatoms. The Morgan fingerprint density at radius 2 is 2.15 bits per heavy atom. The van der Waals surface area contributed by atoms with Crippen LogP contribution in [0.4, 0.5) is 0 Å². The van der Waals surface area contributed by atoms with Gasteiger partial charge in [0.1, 0.15) is 0 Å². The van der Waals surface area contributed by atoms with Crippen molar-refractivity contribution in [3.63, 3.8) is 0 Å². The largest absolute Gasteiger partial charge is 0.324 e. The first-order valence-corrected chi connectivity index (χ1v) is 4.50. The average molecular weight is 174 g/mol. The van der Waals surface area contributed by atoms with Gasteiger partial charge in [0.15, 0.2) is 0 Å². The first kappa shape index (κ1) is 9.76. The van der Waals surface area contributed by atoms with Gasteiger partial charge in [0, 0.05) is 6.04 Å². The van der Waals surface area contributed by atoms with Crippen LogP contribution >= 0.6 is 0 Å². The van der Waals surface area contributed by atoms with Crippen molar-refractivity contribution in [2.45, 2.75) is 25.8 Å². The van der Waals surface area contributed by atoms with Crippen LogP contribution < -0.4 is 5.73 Å². The molecule has 0 aliphatic carbocycles. The first-order valence-electron chi connectivity index (χ1n) is 4.50. The van der Waals surface area contributed by atoms with Gasteiger partial charge < -0.3 is 5.73 Å². The smallest absolute Gasteiger partial charge is 0.0669 e. The SMILES string of the molecule is CCC(N)c1ccccc1CC#N. The van der Waals surface area contributed by atoms with Gasteiger partial charge in [0.25, 0.3) is 0 Å². The number of rotatable bonds is 3. The lowest BCUT2D eigenvalue weighted by atomic mass is 9.98. The van der Waals surface area contributed by atoms with E-state index in [1.807, 2.05) is 31.2 Å². The summed E-state index contributed by atoms with van der Waals surface area (Å²) in [6.07, 6.45) is 1.35. The molecular formula is C11H14N2. The molecule has 1 atom stereocenters. The topological polar surface area (TPSA) is 49.8 Å². The Kier molecular flexibility index (Phi) is 3.48. The quantitative estimate of drug-likeness (QED) is 0.763. The summed E-state index contributed by atoms with van der Waals surface area (Å²) in [6, 6.07) is 10.1. The Hall–Kier alpha value is -1.33. The highest BCUT2D eigenvalue weighted by Crippen LogP contribution is 2.18. The standard InChI is InChI=1S/C11H14N2/c1-2-11(13)10-6-4-3-5-9(10)7-8-12/h3-6,11H,2,7,13H2,1H3. The fourth-order valence-electron chi connectivity index (χ4n) is 1.36. The second kappa shape index (κ2) is 4.64. The minimum atomic E-state index is 0.0598. The summed E-state index contributed by atoms with van der Waals surface area (Å²) in [7, 11) is 0. The highest BCUT2D eigenvalue weighted by atomic mass is 14.6. The van der Waals surface area contributed by atoms with Crippen LogP contribution in [0, 0.1) is 11.3 Å². The van der Waals surface area contributed by atoms with Crippen molar-refractivity contribution >= 4 is 0 Å². The van der Waals surface area contributed by atoms with Gasteiger partial charge in [0.2, 0.25) is 0 Å². The molecule has 68 valence electrons. The molecule has 0 aliphatic rings. The zero-order valence-electron chi connectivity index (χ0n) is 7.83. The van der Waals surface area contributed by atoms with Gasteiger partial charge in [-0.15, -0.1) is 0 Å². The summed E-state index contributed by atoms with van der Waals surface area (Å²) >= 11 is 0. The summed E-state index contributed by atoms with van der Waals surface area (Å²) < 4.78 is 0. The van der Waals surface area contributed by atoms with Crippen molar-refractivity contribution in [2.75, 3.05) is 0 Å². The maximum atomic E-state index is 8.61. The molecule has 1 unspecified atom stereocenters. The fraction of sp³-hybridized carbons (Fsp3) is 0.364. The van der Waals surface area contributed by atoms with Gasteiger partial charge in [-0.1, -0.05) is 31.2 Å². The van der Waals surface area contributed by atoms with Gasteiger partial charge in [-0.2, -0.15) is 5.26 Å². The third kappa shape index (κ3) is 2.30. The Balaban J connectivity index is 2.98. The Morgan fingerprint density at radius 1 is 1.46 bits per heavy atom. The van der Waals surface area contributed by atoms with Gasteiger partial charge in [0.05, 0.1) is 12.5 Å². The van der Waals surface area contributed by atoms with E-state index in [2.05, 4.69) is 6.07 Å². The van der Waals surface area contributed by atoms with E-state index in [-0.39, 0.29) is 6.04 Å². The molecule has 2 nitrogen and oxygen atoms in total. The lowest BCUT2D eigenvalue weighted by Crippen LogP contribution is -2.10. The molecule has 0 fully saturated rings. The average Bonchev–Trinajstić information content (AvgIpc) is 2.18. The molecule has 0 aliphatic heterocycles. The summed E-state index contributed by atoms with van der Waals surface area (Å²) in [6.45, 7) is 2.05. The lowest BCUT2D eigenvalue weighted by Gasteiger charge is -2.12. The second-order valence-corrected chi connectivity index (χ2v) is 3.05. The van der Waals surface area contributed by atoms with Crippen LogP contribution in [0.15, 0.2) is 24.3 Å². The third-order valence-electron chi connectivity index (χ3n) is 2.16. The molecule has 0 heterocycles. The number of nitrogens with two attached hydrogens (primary N) is 1. The molecule has 1 aromatic carbocycles. The van der Waals surface area contributed by atoms with Crippen molar-refractivity contribution in [3.05, 3.63) is 35.4 Å². The van der Waals surface area contributed by atoms with Crippen LogP contribution in [0.25, 0.3) is 0 Å². The predicted octanol–water partition coefficient (Wildman–Crippen LogP) is 2.16. The highest BCUT2D eigenvalue weighted by molar-refractivity contribution is 5.31. The number of hydrogen-bond donors (Lipinski definition) is 1. The maximum Gasteiger partial charge on any atom is 0.0669 e. The molecule has 2 N–H and O–H groups in total. The second-order valence-electron chi connectivity index (χ2n) is 3.05. The molecule has 0 amide bonds. The number of benzene rings is 1. The lowest BCUT2D eigenvalue weighted by molar-refractivity contribution is 0.692. The van der Waals surface area contributed by atoms with Gasteiger partial charge in [-0.05, 0) is 17.5 Å². The molecule has 0 saturated carbocycles. The predicted molar refractivity (Wildman–Crippen MR) is 53.0 cm³/mol. The molecule has 13 heavy (non-hydrogen) atoms. The molecule has 1 aromatic rings. The van der Waals surface area contributed by atoms with Crippen molar-refractivity contribution in [1.82, 2.24) is 0 Å². The maximum absolute atomic E-state index is 8.61. The minimum Gasteiger partial charge on any atom is -0.324 e. The van der Waals surface area contributed by atoms with Gasteiger partial charge in [-0.25, -0.2) is 0 Å². The summed E-state index contributed by atoms with van der Waals surface area (Å²) in [4.78, 5) is 0. The molecular weight excluding hydrogens is 160 g/mol. The fourth-order valence-corrected chi connectivity index (χ4v) is 1.36. The molecule has 0 aromatic heterocycles. The van der Waals surface area contributed by atoms with Gasteiger partial charge in [-0.3, -0.25) is 0 Å². The van der Waals surface area contributed by atoms with E-state index in [0.29, 0.717) is 6.42 Å². The summed E-state index contributed by atoms with van der Waals surface area (Å²) in [5, 5.41) is 8.61. The van der Waals surface area contributed by atoms with E-state index in [1.165, 1.54) is 0 Å². The summed E-state index contributed by atoms with van der Waals surface area (Å²) in [5.74, 6) is 0. The van der Waals surface area contributed by atoms with Crippen molar-refractivity contribution < 1.29 is 0 Å². The summed E-state index contributed by atoms with van der Waals surface area (Å²) in [5.41, 5.74) is 8.07. The van der Waals surface area contributed by atoms with Crippen LogP contribution in [0.1, 0.15) is 30.5 Å². The molecule has 0 saturated heterocycles. The third-order valence-corrected chi connectivity index (χ3v) is 2.16. The normalized spacial score (nSPS) is 12.1. The van der Waals surface area contributed by atoms with Crippen LogP contribution in [-0.4, -0.2) is 0 Å². The van der Waals surface area contributed by atoms with Gasteiger partial charge >= 0.3 is 0 Å². The van der Waals surface area contributed by atoms with E-state index in [1.54, 1.807) is 0 Å². The monoisotopic (exact) mass is 174 g/mol. The number of nitrogens with zero attached hydrogens (tertiary/aromatic N) is 1. The molecule has 1 rings (SSSR count). The Labute approximate surface area is 79.0 Å². The molecule has 0 radical (unpaired) electrons. The molecule has 0 spiro atoms. The van der Waals surface area contributed by atoms with Crippen molar-refractivity contribution in [3.8, 4) is 6.07 Å². The number of hydrogen-bond acceptors (Lipinski definition) is 2. The number of nitriles is 1. The van der Waals surface area contributed by atoms with Crippen LogP contribution in [0.5, 0.6) is 0 Å². The molecule has 0 bridgehead atoms. The van der Waals surface area contributed by atoms with Crippen LogP contribution in [0.2, 0.25) is 0 Å². The Bertz CT molecular complexity index is 312. The zero-order chi connectivity index (χ0) is 9.68. The van der Waals surface area contributed by atoms with E-state index < -0.39 is 0 Å². The van der Waals surface area contributed by atoms with Crippen LogP contribution in [0.3, 0.4) is 0 Å². The van der Waals surface area contributed by atoms with E-state index in [4.69, 9.17) is 11.0 Å². The zero-order valence-corrected chi connectivity index (χ0v) is 7.83. The van der Waals surface area contributed by atoms with E-state index in [0.717, 1.165) is 17.5 Å². The van der Waals surface area contributed by atoms with Crippen molar-refractivity contribution in [2.24, 2.45) is 5.73 Å². The van der Waals surface area contributed by atoms with Crippen LogP contribution in [-0.2, 0) is 6.42 Å². The van der Waals surface area contributed by atoms with E-state index in [9.17, 15) is 0 Å².